The Morgan fingerprint density at radius 3 is 2.43 bits per heavy atom. The van der Waals surface area contributed by atoms with Gasteiger partial charge in [-0.05, 0) is 43.3 Å². The molecule has 23 heavy (non-hydrogen) atoms. The van der Waals surface area contributed by atoms with E-state index in [4.69, 9.17) is 23.2 Å². The molecule has 2 rings (SSSR count). The van der Waals surface area contributed by atoms with Gasteiger partial charge >= 0.3 is 0 Å². The van der Waals surface area contributed by atoms with Gasteiger partial charge in [0.05, 0.1) is 10.7 Å². The molecule has 0 aliphatic heterocycles. The van der Waals surface area contributed by atoms with Gasteiger partial charge in [-0.1, -0.05) is 29.3 Å². The van der Waals surface area contributed by atoms with E-state index in [1.54, 1.807) is 13.0 Å². The summed E-state index contributed by atoms with van der Waals surface area (Å²) in [5.41, 5.74) is 6.16. The summed E-state index contributed by atoms with van der Waals surface area (Å²) in [6.07, 6.45) is 1.63. The molecule has 0 saturated heterocycles. The van der Waals surface area contributed by atoms with Crippen molar-refractivity contribution in [2.75, 3.05) is 0 Å². The van der Waals surface area contributed by atoms with Crippen molar-refractivity contribution in [3.8, 4) is 5.75 Å². The Balaban J connectivity index is 2.15. The van der Waals surface area contributed by atoms with Crippen LogP contribution in [0.2, 0.25) is 10.0 Å². The summed E-state index contributed by atoms with van der Waals surface area (Å²) in [5.74, 6) is -1.05. The number of phenols is 1. The molecule has 120 valence electrons. The number of aromatic hydroxyl groups is 1. The topological polar surface area (TPSA) is 61.4 Å². The van der Waals surface area contributed by atoms with E-state index in [-0.39, 0.29) is 16.3 Å². The molecule has 0 saturated carbocycles. The summed E-state index contributed by atoms with van der Waals surface area (Å²) in [6, 6.07) is 8.01. The Hall–Kier alpha value is -2.24. The van der Waals surface area contributed by atoms with Crippen LogP contribution in [0.15, 0.2) is 42.5 Å². The van der Waals surface area contributed by atoms with Crippen molar-refractivity contribution < 1.29 is 14.3 Å². The van der Waals surface area contributed by atoms with Gasteiger partial charge in [-0.25, -0.2) is 4.39 Å². The van der Waals surface area contributed by atoms with Gasteiger partial charge in [0.25, 0.3) is 5.91 Å². The number of hydrogen-bond donors (Lipinski definition) is 3. The Morgan fingerprint density at radius 1 is 1.17 bits per heavy atom. The second kappa shape index (κ2) is 7.35. The van der Waals surface area contributed by atoms with Crippen LogP contribution in [0.5, 0.6) is 5.75 Å². The first kappa shape index (κ1) is 17.1. The van der Waals surface area contributed by atoms with Gasteiger partial charge in [-0.15, -0.1) is 0 Å². The Labute approximate surface area is 142 Å². The van der Waals surface area contributed by atoms with Crippen molar-refractivity contribution in [2.24, 2.45) is 0 Å². The molecule has 0 heterocycles. The van der Waals surface area contributed by atoms with Gasteiger partial charge in [0, 0.05) is 16.1 Å². The highest BCUT2D eigenvalue weighted by atomic mass is 35.5. The Kier molecular flexibility index (Phi) is 5.47. The normalized spacial score (nSPS) is 11.2. The number of carbonyl (C=O) groups excluding carboxylic acids is 1. The summed E-state index contributed by atoms with van der Waals surface area (Å²) < 4.78 is 12.9. The number of amides is 1. The summed E-state index contributed by atoms with van der Waals surface area (Å²) in [5, 5.41) is 10.4. The highest BCUT2D eigenvalue weighted by Crippen LogP contribution is 2.34. The minimum Gasteiger partial charge on any atom is -0.506 e. The summed E-state index contributed by atoms with van der Waals surface area (Å²) >= 11 is 11.8. The van der Waals surface area contributed by atoms with Gasteiger partial charge in [0.2, 0.25) is 0 Å². The summed E-state index contributed by atoms with van der Waals surface area (Å²) in [7, 11) is 0. The van der Waals surface area contributed by atoms with Crippen molar-refractivity contribution in [1.29, 1.82) is 0 Å². The molecule has 2 aromatic rings. The number of halogens is 3. The summed E-state index contributed by atoms with van der Waals surface area (Å²) in [6.45, 7) is 1.71. The fraction of sp³-hybridized carbons (Fsp3) is 0.0625. The van der Waals surface area contributed by atoms with Crippen LogP contribution in [0.4, 0.5) is 4.39 Å². The lowest BCUT2D eigenvalue weighted by Gasteiger charge is -2.14. The molecule has 0 aliphatic rings. The van der Waals surface area contributed by atoms with Crippen LogP contribution in [0, 0.1) is 5.82 Å². The molecule has 0 atom stereocenters. The number of allylic oxidation sites excluding steroid dienone is 1. The van der Waals surface area contributed by atoms with Crippen LogP contribution in [0.1, 0.15) is 22.8 Å². The van der Waals surface area contributed by atoms with Crippen LogP contribution < -0.4 is 10.9 Å². The van der Waals surface area contributed by atoms with Crippen LogP contribution in [0.25, 0.3) is 5.70 Å². The van der Waals surface area contributed by atoms with Crippen LogP contribution in [0.3, 0.4) is 0 Å². The van der Waals surface area contributed by atoms with E-state index in [9.17, 15) is 14.3 Å². The smallest absolute Gasteiger partial charge is 0.269 e. The molecule has 0 bridgehead atoms. The third-order valence-corrected chi connectivity index (χ3v) is 3.53. The maximum absolute atomic E-state index is 12.9. The third kappa shape index (κ3) is 4.15. The maximum Gasteiger partial charge on any atom is 0.269 e. The molecule has 1 amide bonds. The zero-order valence-corrected chi connectivity index (χ0v) is 13.5. The summed E-state index contributed by atoms with van der Waals surface area (Å²) in [4.78, 5) is 12.0. The fourth-order valence-corrected chi connectivity index (χ4v) is 2.36. The standard InChI is InChI=1S/C16H13Cl2FN2O2/c1-2-14(12-7-10(17)8-13(18)15(12)22)20-21-16(23)9-3-5-11(19)6-4-9/h2-8,20,22H,1H3,(H,21,23)/b14-2-. The number of hydrazine groups is 1. The van der Waals surface area contributed by atoms with Crippen molar-refractivity contribution >= 4 is 34.8 Å². The largest absolute Gasteiger partial charge is 0.506 e. The molecule has 2 aromatic carbocycles. The fourth-order valence-electron chi connectivity index (χ4n) is 1.86. The first-order valence-electron chi connectivity index (χ1n) is 6.59. The number of nitrogens with one attached hydrogen (secondary N) is 2. The van der Waals surface area contributed by atoms with Crippen LogP contribution in [-0.2, 0) is 0 Å². The Bertz CT molecular complexity index is 761. The molecule has 0 fully saturated rings. The van der Waals surface area contributed by atoms with Gasteiger partial charge in [0.15, 0.2) is 0 Å². The first-order chi connectivity index (χ1) is 10.9. The van der Waals surface area contributed by atoms with Crippen molar-refractivity contribution in [1.82, 2.24) is 10.9 Å². The lowest BCUT2D eigenvalue weighted by molar-refractivity contribution is 0.0942. The third-order valence-electron chi connectivity index (χ3n) is 3.02. The van der Waals surface area contributed by atoms with Crippen molar-refractivity contribution in [3.63, 3.8) is 0 Å². The van der Waals surface area contributed by atoms with E-state index in [0.717, 1.165) is 0 Å². The molecule has 7 heteroatoms. The number of hydrogen-bond acceptors (Lipinski definition) is 3. The molecule has 0 unspecified atom stereocenters. The first-order valence-corrected chi connectivity index (χ1v) is 7.34. The highest BCUT2D eigenvalue weighted by Gasteiger charge is 2.13. The molecule has 0 radical (unpaired) electrons. The average molecular weight is 355 g/mol. The zero-order chi connectivity index (χ0) is 17.0. The zero-order valence-electron chi connectivity index (χ0n) is 12.0. The molecular formula is C16H13Cl2FN2O2. The number of carbonyl (C=O) groups is 1. The molecule has 4 nitrogen and oxygen atoms in total. The van der Waals surface area contributed by atoms with E-state index < -0.39 is 11.7 Å². The lowest BCUT2D eigenvalue weighted by atomic mass is 10.1. The maximum atomic E-state index is 12.9. The van der Waals surface area contributed by atoms with Crippen molar-refractivity contribution in [3.05, 3.63) is 69.5 Å². The minimum atomic E-state index is -0.461. The number of rotatable bonds is 4. The van der Waals surface area contributed by atoms with E-state index in [0.29, 0.717) is 16.3 Å². The molecule has 0 spiro atoms. The van der Waals surface area contributed by atoms with Crippen molar-refractivity contribution in [2.45, 2.75) is 6.92 Å². The van der Waals surface area contributed by atoms with Crippen LogP contribution in [-0.4, -0.2) is 11.0 Å². The van der Waals surface area contributed by atoms with E-state index in [2.05, 4.69) is 10.9 Å². The van der Waals surface area contributed by atoms with Gasteiger partial charge in [-0.3, -0.25) is 15.6 Å². The molecule has 3 N–H and O–H groups in total. The monoisotopic (exact) mass is 354 g/mol. The average Bonchev–Trinajstić information content (AvgIpc) is 2.52. The SMILES string of the molecule is C/C=C(\NNC(=O)c1ccc(F)cc1)c1cc(Cl)cc(Cl)c1O. The molecule has 0 aliphatic carbocycles. The van der Waals surface area contributed by atoms with Gasteiger partial charge < -0.3 is 5.11 Å². The minimum absolute atomic E-state index is 0.0958. The predicted molar refractivity (Wildman–Crippen MR) is 88.8 cm³/mol. The van der Waals surface area contributed by atoms with E-state index >= 15 is 0 Å². The van der Waals surface area contributed by atoms with Crippen LogP contribution >= 0.6 is 23.2 Å². The number of benzene rings is 2. The second-order valence-corrected chi connectivity index (χ2v) is 5.42. The second-order valence-electron chi connectivity index (χ2n) is 4.57. The Morgan fingerprint density at radius 2 is 1.83 bits per heavy atom. The molecular weight excluding hydrogens is 342 g/mol. The molecule has 0 aromatic heterocycles. The van der Waals surface area contributed by atoms with E-state index in [1.165, 1.54) is 36.4 Å². The highest BCUT2D eigenvalue weighted by molar-refractivity contribution is 6.36. The van der Waals surface area contributed by atoms with Gasteiger partial charge in [-0.2, -0.15) is 0 Å². The number of phenolic OH excluding ortho intramolecular Hbond substituents is 1. The lowest BCUT2D eigenvalue weighted by Crippen LogP contribution is -2.36. The van der Waals surface area contributed by atoms with E-state index in [1.807, 2.05) is 0 Å². The quantitative estimate of drug-likeness (QED) is 0.723. The van der Waals surface area contributed by atoms with Gasteiger partial charge in [0.1, 0.15) is 11.6 Å². The predicted octanol–water partition coefficient (Wildman–Crippen LogP) is 4.13.